The van der Waals surface area contributed by atoms with Crippen LogP contribution in [0.4, 0.5) is 4.39 Å². The smallest absolute Gasteiger partial charge is 0.220 e. The highest BCUT2D eigenvalue weighted by Crippen LogP contribution is 2.19. The highest BCUT2D eigenvalue weighted by atomic mass is 19.1. The normalized spacial score (nSPS) is 15.4. The van der Waals surface area contributed by atoms with Gasteiger partial charge in [-0.25, -0.2) is 4.39 Å². The monoisotopic (exact) mass is 384 g/mol. The predicted molar refractivity (Wildman–Crippen MR) is 109 cm³/mol. The number of benzene rings is 2. The van der Waals surface area contributed by atoms with Crippen LogP contribution in [0.2, 0.25) is 0 Å². The third kappa shape index (κ3) is 6.34. The number of hydrogen-bond acceptors (Lipinski definition) is 3. The minimum Gasteiger partial charge on any atom is -0.497 e. The molecule has 1 aliphatic rings. The fourth-order valence-electron chi connectivity index (χ4n) is 3.59. The molecule has 0 radical (unpaired) electrons. The lowest BCUT2D eigenvalue weighted by Crippen LogP contribution is -2.38. The number of amides is 1. The quantitative estimate of drug-likeness (QED) is 0.753. The van der Waals surface area contributed by atoms with Crippen molar-refractivity contribution in [2.24, 2.45) is 5.92 Å². The molecule has 0 aliphatic carbocycles. The minimum absolute atomic E-state index is 0.0741. The Morgan fingerprint density at radius 2 is 1.71 bits per heavy atom. The van der Waals surface area contributed by atoms with Gasteiger partial charge < -0.3 is 10.1 Å². The van der Waals surface area contributed by atoms with Crippen LogP contribution in [0.15, 0.2) is 48.5 Å². The molecule has 2 aromatic rings. The van der Waals surface area contributed by atoms with E-state index in [1.54, 1.807) is 19.2 Å². The van der Waals surface area contributed by atoms with Crippen LogP contribution in [0, 0.1) is 11.7 Å². The molecule has 0 bridgehead atoms. The Morgan fingerprint density at radius 1 is 1.07 bits per heavy atom. The molecule has 28 heavy (non-hydrogen) atoms. The zero-order valence-corrected chi connectivity index (χ0v) is 16.5. The minimum atomic E-state index is -0.244. The van der Waals surface area contributed by atoms with Gasteiger partial charge in [0.1, 0.15) is 11.6 Å². The number of halogens is 1. The molecule has 4 nitrogen and oxygen atoms in total. The number of carbonyl (C=O) groups excluding carboxylic acids is 1. The molecule has 2 aromatic carbocycles. The third-order valence-corrected chi connectivity index (χ3v) is 5.41. The molecule has 1 amide bonds. The topological polar surface area (TPSA) is 41.6 Å². The van der Waals surface area contributed by atoms with E-state index >= 15 is 0 Å². The second-order valence-corrected chi connectivity index (χ2v) is 7.50. The van der Waals surface area contributed by atoms with Crippen LogP contribution in [-0.4, -0.2) is 37.6 Å². The SMILES string of the molecule is COc1ccc(CN2CCC(CNC(=O)CCc3ccc(F)cc3)CC2)cc1. The summed E-state index contributed by atoms with van der Waals surface area (Å²) in [6, 6.07) is 14.6. The van der Waals surface area contributed by atoms with Crippen molar-refractivity contribution in [3.63, 3.8) is 0 Å². The van der Waals surface area contributed by atoms with Crippen molar-refractivity contribution in [3.05, 3.63) is 65.5 Å². The first-order chi connectivity index (χ1) is 13.6. The van der Waals surface area contributed by atoms with E-state index in [9.17, 15) is 9.18 Å². The molecule has 1 fully saturated rings. The van der Waals surface area contributed by atoms with E-state index in [0.29, 0.717) is 18.8 Å². The van der Waals surface area contributed by atoms with Gasteiger partial charge in [-0.3, -0.25) is 9.69 Å². The molecular weight excluding hydrogens is 355 g/mol. The third-order valence-electron chi connectivity index (χ3n) is 5.41. The maximum Gasteiger partial charge on any atom is 0.220 e. The summed E-state index contributed by atoms with van der Waals surface area (Å²) in [5.74, 6) is 1.26. The van der Waals surface area contributed by atoms with Gasteiger partial charge in [0.2, 0.25) is 5.91 Å². The summed E-state index contributed by atoms with van der Waals surface area (Å²) in [5.41, 5.74) is 2.29. The Balaban J connectivity index is 1.32. The van der Waals surface area contributed by atoms with E-state index in [0.717, 1.165) is 50.3 Å². The number of methoxy groups -OCH3 is 1. The Morgan fingerprint density at radius 3 is 2.36 bits per heavy atom. The summed E-state index contributed by atoms with van der Waals surface area (Å²) in [5, 5.41) is 3.07. The Hall–Kier alpha value is -2.40. The number of carbonyl (C=O) groups is 1. The highest BCUT2D eigenvalue weighted by Gasteiger charge is 2.19. The van der Waals surface area contributed by atoms with Crippen LogP contribution in [-0.2, 0) is 17.8 Å². The summed E-state index contributed by atoms with van der Waals surface area (Å²) >= 11 is 0. The molecule has 1 heterocycles. The lowest BCUT2D eigenvalue weighted by Gasteiger charge is -2.32. The van der Waals surface area contributed by atoms with Gasteiger partial charge in [-0.15, -0.1) is 0 Å². The lowest BCUT2D eigenvalue weighted by atomic mass is 9.96. The van der Waals surface area contributed by atoms with Gasteiger partial charge in [-0.1, -0.05) is 24.3 Å². The standard InChI is InChI=1S/C23H29FN2O2/c1-28-22-9-4-20(5-10-22)17-26-14-12-19(13-15-26)16-25-23(27)11-6-18-2-7-21(24)8-3-18/h2-5,7-10,19H,6,11-17H2,1H3,(H,25,27). The number of piperidine rings is 1. The van der Waals surface area contributed by atoms with Gasteiger partial charge in [0, 0.05) is 19.5 Å². The van der Waals surface area contributed by atoms with Gasteiger partial charge in [-0.05, 0) is 73.7 Å². The van der Waals surface area contributed by atoms with Crippen LogP contribution in [0.25, 0.3) is 0 Å². The summed E-state index contributed by atoms with van der Waals surface area (Å²) in [4.78, 5) is 14.5. The van der Waals surface area contributed by atoms with Crippen molar-refractivity contribution in [3.8, 4) is 5.75 Å². The van der Waals surface area contributed by atoms with E-state index in [4.69, 9.17) is 4.74 Å². The molecule has 3 rings (SSSR count). The van der Waals surface area contributed by atoms with Crippen LogP contribution in [0.5, 0.6) is 5.75 Å². The molecule has 1 N–H and O–H groups in total. The van der Waals surface area contributed by atoms with Crippen molar-refractivity contribution in [2.45, 2.75) is 32.2 Å². The number of likely N-dealkylation sites (tertiary alicyclic amines) is 1. The molecule has 1 saturated heterocycles. The van der Waals surface area contributed by atoms with Crippen LogP contribution in [0.3, 0.4) is 0 Å². The van der Waals surface area contributed by atoms with Gasteiger partial charge in [0.05, 0.1) is 7.11 Å². The van der Waals surface area contributed by atoms with Gasteiger partial charge in [0.25, 0.3) is 0 Å². The van der Waals surface area contributed by atoms with Crippen LogP contribution in [0.1, 0.15) is 30.4 Å². The van der Waals surface area contributed by atoms with E-state index < -0.39 is 0 Å². The summed E-state index contributed by atoms with van der Waals surface area (Å²) in [6.45, 7) is 3.82. The van der Waals surface area contributed by atoms with Crippen molar-refractivity contribution in [1.29, 1.82) is 0 Å². The summed E-state index contributed by atoms with van der Waals surface area (Å²) in [6.07, 6.45) is 3.30. The lowest BCUT2D eigenvalue weighted by molar-refractivity contribution is -0.121. The van der Waals surface area contributed by atoms with E-state index in [1.807, 2.05) is 12.1 Å². The Labute approximate surface area is 166 Å². The summed E-state index contributed by atoms with van der Waals surface area (Å²) in [7, 11) is 1.68. The van der Waals surface area contributed by atoms with Gasteiger partial charge >= 0.3 is 0 Å². The summed E-state index contributed by atoms with van der Waals surface area (Å²) < 4.78 is 18.1. The van der Waals surface area contributed by atoms with Gasteiger partial charge in [-0.2, -0.15) is 0 Å². The average molecular weight is 384 g/mol. The molecule has 0 atom stereocenters. The number of ether oxygens (including phenoxy) is 1. The van der Waals surface area contributed by atoms with Crippen LogP contribution < -0.4 is 10.1 Å². The first-order valence-corrected chi connectivity index (χ1v) is 9.99. The average Bonchev–Trinajstić information content (AvgIpc) is 2.73. The fraction of sp³-hybridized carbons (Fsp3) is 0.435. The second-order valence-electron chi connectivity index (χ2n) is 7.50. The molecule has 0 unspecified atom stereocenters. The number of nitrogens with one attached hydrogen (secondary N) is 1. The zero-order valence-electron chi connectivity index (χ0n) is 16.5. The Kier molecular flexibility index (Phi) is 7.43. The van der Waals surface area contributed by atoms with Crippen molar-refractivity contribution >= 4 is 5.91 Å². The highest BCUT2D eigenvalue weighted by molar-refractivity contribution is 5.76. The van der Waals surface area contributed by atoms with Gasteiger partial charge in [0.15, 0.2) is 0 Å². The van der Waals surface area contributed by atoms with E-state index in [-0.39, 0.29) is 11.7 Å². The predicted octanol–water partition coefficient (Wildman–Crippen LogP) is 3.80. The molecule has 5 heteroatoms. The second kappa shape index (κ2) is 10.2. The number of hydrogen-bond donors (Lipinski definition) is 1. The molecule has 0 saturated carbocycles. The van der Waals surface area contributed by atoms with Crippen molar-refractivity contribution < 1.29 is 13.9 Å². The van der Waals surface area contributed by atoms with Crippen LogP contribution >= 0.6 is 0 Å². The maximum atomic E-state index is 12.9. The Bertz CT molecular complexity index is 738. The number of aryl methyl sites for hydroxylation is 1. The molecular formula is C23H29FN2O2. The van der Waals surface area contributed by atoms with E-state index in [1.165, 1.54) is 17.7 Å². The molecule has 1 aliphatic heterocycles. The molecule has 150 valence electrons. The fourth-order valence-corrected chi connectivity index (χ4v) is 3.59. The molecule has 0 spiro atoms. The molecule has 0 aromatic heterocycles. The number of rotatable bonds is 8. The largest absolute Gasteiger partial charge is 0.497 e. The first kappa shape index (κ1) is 20.3. The van der Waals surface area contributed by atoms with E-state index in [2.05, 4.69) is 22.3 Å². The zero-order chi connectivity index (χ0) is 19.8. The first-order valence-electron chi connectivity index (χ1n) is 9.99. The maximum absolute atomic E-state index is 12.9. The number of nitrogens with zero attached hydrogens (tertiary/aromatic N) is 1. The van der Waals surface area contributed by atoms with Crippen molar-refractivity contribution in [2.75, 3.05) is 26.7 Å². The van der Waals surface area contributed by atoms with Crippen molar-refractivity contribution in [1.82, 2.24) is 10.2 Å².